The van der Waals surface area contributed by atoms with Gasteiger partial charge < -0.3 is 15.0 Å². The molecule has 5 nitrogen and oxygen atoms in total. The molecule has 0 aliphatic carbocycles. The van der Waals surface area contributed by atoms with Gasteiger partial charge in [0.1, 0.15) is 17.9 Å². The molecular weight excluding hydrogens is 302 g/mol. The lowest BCUT2D eigenvalue weighted by Crippen LogP contribution is -3.07. The smallest absolute Gasteiger partial charge is 0.258 e. The third kappa shape index (κ3) is 4.83. The van der Waals surface area contributed by atoms with Gasteiger partial charge in [0.2, 0.25) is 0 Å². The Balaban J connectivity index is 1.89. The van der Waals surface area contributed by atoms with E-state index < -0.39 is 0 Å². The molecule has 1 atom stereocenters. The van der Waals surface area contributed by atoms with Crippen molar-refractivity contribution >= 4 is 5.91 Å². The van der Waals surface area contributed by atoms with E-state index in [1.165, 1.54) is 10.5 Å². The summed E-state index contributed by atoms with van der Waals surface area (Å²) in [6, 6.07) is 19.2. The highest BCUT2D eigenvalue weighted by Crippen LogP contribution is 2.16. The van der Waals surface area contributed by atoms with E-state index in [1.807, 2.05) is 24.3 Å². The number of likely N-dealkylation sites (N-methyl/N-ethyl adjacent to an activating group) is 1. The van der Waals surface area contributed by atoms with Crippen molar-refractivity contribution in [2.75, 3.05) is 27.2 Å². The Labute approximate surface area is 142 Å². The van der Waals surface area contributed by atoms with Crippen molar-refractivity contribution in [2.24, 2.45) is 0 Å². The molecule has 0 aromatic heterocycles. The van der Waals surface area contributed by atoms with Gasteiger partial charge in [-0.1, -0.05) is 42.5 Å². The van der Waals surface area contributed by atoms with E-state index in [0.29, 0.717) is 17.9 Å². The number of carbonyl (C=O) groups excluding carboxylic acids is 1. The summed E-state index contributed by atoms with van der Waals surface area (Å²) < 4.78 is 5.45. The van der Waals surface area contributed by atoms with Gasteiger partial charge in [-0.05, 0) is 12.1 Å². The second-order valence-corrected chi connectivity index (χ2v) is 5.74. The highest BCUT2D eigenvalue weighted by atomic mass is 16.5. The molecule has 124 valence electrons. The summed E-state index contributed by atoms with van der Waals surface area (Å²) in [5.74, 6) is 0.220. The Morgan fingerprint density at radius 1 is 1.17 bits per heavy atom. The molecule has 2 rings (SSSR count). The molecule has 0 aliphatic rings. The van der Waals surface area contributed by atoms with Gasteiger partial charge in [0.25, 0.3) is 5.91 Å². The maximum absolute atomic E-state index is 12.0. The zero-order valence-corrected chi connectivity index (χ0v) is 14.0. The molecule has 0 bridgehead atoms. The normalized spacial score (nSPS) is 11.6. The van der Waals surface area contributed by atoms with Gasteiger partial charge in [-0.3, -0.25) is 4.79 Å². The fourth-order valence-corrected chi connectivity index (χ4v) is 2.44. The number of amides is 1. The fourth-order valence-electron chi connectivity index (χ4n) is 2.44. The first-order chi connectivity index (χ1) is 11.6. The molecule has 0 spiro atoms. The number of hydrogen-bond donors (Lipinski definition) is 2. The van der Waals surface area contributed by atoms with Gasteiger partial charge in [0, 0.05) is 5.56 Å². The number of carbonyl (C=O) groups is 1. The van der Waals surface area contributed by atoms with Crippen LogP contribution in [0.15, 0.2) is 54.6 Å². The first-order valence-corrected chi connectivity index (χ1v) is 7.85. The van der Waals surface area contributed by atoms with E-state index in [2.05, 4.69) is 31.5 Å². The minimum absolute atomic E-state index is 0.108. The molecule has 0 aliphatic heterocycles. The minimum atomic E-state index is -0.204. The van der Waals surface area contributed by atoms with Crippen molar-refractivity contribution < 1.29 is 14.4 Å². The van der Waals surface area contributed by atoms with Crippen molar-refractivity contribution in [2.45, 2.75) is 6.04 Å². The minimum Gasteiger partial charge on any atom is -0.482 e. The van der Waals surface area contributed by atoms with Crippen molar-refractivity contribution in [3.05, 3.63) is 65.7 Å². The fraction of sp³-hybridized carbons (Fsp3) is 0.263. The number of hydrogen-bond acceptors (Lipinski definition) is 3. The molecule has 2 aromatic rings. The van der Waals surface area contributed by atoms with Gasteiger partial charge in [0.15, 0.2) is 6.61 Å². The van der Waals surface area contributed by atoms with Crippen LogP contribution in [0, 0.1) is 11.3 Å². The molecule has 5 heteroatoms. The Morgan fingerprint density at radius 3 is 2.50 bits per heavy atom. The summed E-state index contributed by atoms with van der Waals surface area (Å²) in [6.45, 7) is 0.414. The van der Waals surface area contributed by atoms with Crippen LogP contribution in [0.2, 0.25) is 0 Å². The van der Waals surface area contributed by atoms with Crippen LogP contribution in [0.25, 0.3) is 0 Å². The van der Waals surface area contributed by atoms with E-state index in [0.717, 1.165) is 0 Å². The summed E-state index contributed by atoms with van der Waals surface area (Å²) in [5, 5.41) is 11.9. The molecule has 2 N–H and O–H groups in total. The van der Waals surface area contributed by atoms with Crippen molar-refractivity contribution in [3.63, 3.8) is 0 Å². The molecule has 24 heavy (non-hydrogen) atoms. The van der Waals surface area contributed by atoms with E-state index in [-0.39, 0.29) is 18.6 Å². The van der Waals surface area contributed by atoms with Gasteiger partial charge in [-0.2, -0.15) is 5.26 Å². The second-order valence-electron chi connectivity index (χ2n) is 5.74. The SMILES string of the molecule is C[NH+](C)[C@@H](CNC(=O)COc1ccccc1C#N)c1ccccc1. The summed E-state index contributed by atoms with van der Waals surface area (Å²) in [6.07, 6.45) is 0. The first kappa shape index (κ1) is 17.5. The topological polar surface area (TPSA) is 66.6 Å². The Bertz CT molecular complexity index is 708. The number of ether oxygens (including phenoxy) is 1. The number of nitrogens with zero attached hydrogens (tertiary/aromatic N) is 1. The largest absolute Gasteiger partial charge is 0.482 e. The maximum Gasteiger partial charge on any atom is 0.258 e. The number of quaternary nitrogens is 1. The zero-order valence-electron chi connectivity index (χ0n) is 14.0. The number of rotatable bonds is 7. The zero-order chi connectivity index (χ0) is 17.4. The van der Waals surface area contributed by atoms with Crippen molar-refractivity contribution in [1.82, 2.24) is 5.32 Å². The van der Waals surface area contributed by atoms with Crippen LogP contribution >= 0.6 is 0 Å². The van der Waals surface area contributed by atoms with Gasteiger partial charge in [-0.15, -0.1) is 0 Å². The number of nitriles is 1. The van der Waals surface area contributed by atoms with Crippen molar-refractivity contribution in [3.8, 4) is 11.8 Å². The van der Waals surface area contributed by atoms with E-state index in [9.17, 15) is 4.79 Å². The molecule has 0 saturated carbocycles. The highest BCUT2D eigenvalue weighted by molar-refractivity contribution is 5.77. The lowest BCUT2D eigenvalue weighted by molar-refractivity contribution is -0.890. The molecule has 0 unspecified atom stereocenters. The van der Waals surface area contributed by atoms with E-state index >= 15 is 0 Å². The average Bonchev–Trinajstić information content (AvgIpc) is 2.61. The van der Waals surface area contributed by atoms with Crippen LogP contribution in [0.1, 0.15) is 17.2 Å². The molecule has 2 aromatic carbocycles. The number of benzene rings is 2. The lowest BCUT2D eigenvalue weighted by atomic mass is 10.1. The first-order valence-electron chi connectivity index (χ1n) is 7.85. The third-order valence-electron chi connectivity index (χ3n) is 3.77. The Hall–Kier alpha value is -2.84. The van der Waals surface area contributed by atoms with Gasteiger partial charge in [-0.25, -0.2) is 0 Å². The monoisotopic (exact) mass is 324 g/mol. The molecule has 0 saturated heterocycles. The quantitative estimate of drug-likeness (QED) is 0.796. The highest BCUT2D eigenvalue weighted by Gasteiger charge is 2.18. The van der Waals surface area contributed by atoms with E-state index in [1.54, 1.807) is 24.3 Å². The summed E-state index contributed by atoms with van der Waals surface area (Å²) in [5.41, 5.74) is 1.60. The average molecular weight is 324 g/mol. The molecule has 0 heterocycles. The van der Waals surface area contributed by atoms with Gasteiger partial charge >= 0.3 is 0 Å². The Kier molecular flexibility index (Phi) is 6.35. The number of nitrogens with one attached hydrogen (secondary N) is 2. The van der Waals surface area contributed by atoms with Gasteiger partial charge in [0.05, 0.1) is 26.2 Å². The van der Waals surface area contributed by atoms with Crippen LogP contribution < -0.4 is 15.0 Å². The maximum atomic E-state index is 12.0. The molecule has 0 fully saturated rings. The number of para-hydroxylation sites is 1. The summed E-state index contributed by atoms with van der Waals surface area (Å²) in [4.78, 5) is 13.3. The van der Waals surface area contributed by atoms with Crippen LogP contribution in [0.5, 0.6) is 5.75 Å². The summed E-state index contributed by atoms with van der Waals surface area (Å²) >= 11 is 0. The van der Waals surface area contributed by atoms with Crippen LogP contribution in [-0.4, -0.2) is 33.2 Å². The predicted octanol–water partition coefficient (Wildman–Crippen LogP) is 0.939. The Morgan fingerprint density at radius 2 is 1.83 bits per heavy atom. The predicted molar refractivity (Wildman–Crippen MR) is 91.7 cm³/mol. The second kappa shape index (κ2) is 8.70. The third-order valence-corrected chi connectivity index (χ3v) is 3.77. The lowest BCUT2D eigenvalue weighted by Gasteiger charge is -2.22. The van der Waals surface area contributed by atoms with E-state index in [4.69, 9.17) is 10.00 Å². The van der Waals surface area contributed by atoms with Crippen LogP contribution in [0.3, 0.4) is 0 Å². The van der Waals surface area contributed by atoms with Crippen LogP contribution in [-0.2, 0) is 4.79 Å². The standard InChI is InChI=1S/C19H21N3O2/c1-22(2)17(15-8-4-3-5-9-15)13-21-19(23)14-24-18-11-7-6-10-16(18)12-20/h3-11,17H,13-14H2,1-2H3,(H,21,23)/p+1/t17-/m0/s1. The molecule has 0 radical (unpaired) electrons. The van der Waals surface area contributed by atoms with Crippen molar-refractivity contribution in [1.29, 1.82) is 5.26 Å². The molecular formula is C19H22N3O2+. The van der Waals surface area contributed by atoms with Crippen LogP contribution in [0.4, 0.5) is 0 Å². The summed E-state index contributed by atoms with van der Waals surface area (Å²) in [7, 11) is 4.12. The molecule has 1 amide bonds.